The van der Waals surface area contributed by atoms with Crippen molar-refractivity contribution in [3.8, 4) is 11.5 Å². The van der Waals surface area contributed by atoms with Crippen LogP contribution in [-0.2, 0) is 0 Å². The van der Waals surface area contributed by atoms with Crippen LogP contribution in [0.2, 0.25) is 0 Å². The molecule has 1 heterocycles. The van der Waals surface area contributed by atoms with Gasteiger partial charge >= 0.3 is 0 Å². The number of hydrogen-bond donors (Lipinski definition) is 0. The summed E-state index contributed by atoms with van der Waals surface area (Å²) in [5.74, 6) is 1.38. The molecule has 0 atom stereocenters. The Bertz CT molecular complexity index is 669. The Hall–Kier alpha value is -2.29. The van der Waals surface area contributed by atoms with Crippen LogP contribution in [0, 0.1) is 13.8 Å². The molecule has 1 aliphatic heterocycles. The standard InChI is InChI=1S/C18H18O3/c1-12-8-13(2)10-15(9-12)18(19)14-4-5-16-17(11-14)21-7-3-6-20-16/h4-5,8-11H,3,6-7H2,1-2H3. The van der Waals surface area contributed by atoms with E-state index in [9.17, 15) is 4.79 Å². The van der Waals surface area contributed by atoms with Gasteiger partial charge in [-0.1, -0.05) is 17.2 Å². The third kappa shape index (κ3) is 2.92. The third-order valence-electron chi connectivity index (χ3n) is 3.49. The van der Waals surface area contributed by atoms with E-state index in [-0.39, 0.29) is 5.78 Å². The number of benzene rings is 2. The first kappa shape index (κ1) is 13.7. The maximum absolute atomic E-state index is 12.6. The van der Waals surface area contributed by atoms with Gasteiger partial charge in [-0.3, -0.25) is 4.79 Å². The van der Waals surface area contributed by atoms with Crippen molar-refractivity contribution in [3.05, 3.63) is 58.7 Å². The van der Waals surface area contributed by atoms with E-state index >= 15 is 0 Å². The SMILES string of the molecule is Cc1cc(C)cc(C(=O)c2ccc3c(c2)OCCCO3)c1. The summed E-state index contributed by atoms with van der Waals surface area (Å²) >= 11 is 0. The predicted molar refractivity (Wildman–Crippen MR) is 81.4 cm³/mol. The topological polar surface area (TPSA) is 35.5 Å². The highest BCUT2D eigenvalue weighted by molar-refractivity contribution is 6.09. The minimum absolute atomic E-state index is 0.0115. The molecule has 21 heavy (non-hydrogen) atoms. The maximum atomic E-state index is 12.6. The van der Waals surface area contributed by atoms with Crippen molar-refractivity contribution in [2.45, 2.75) is 20.3 Å². The van der Waals surface area contributed by atoms with Crippen LogP contribution in [0.1, 0.15) is 33.5 Å². The number of ketones is 1. The molecule has 1 aliphatic rings. The molecule has 0 fully saturated rings. The van der Waals surface area contributed by atoms with Gasteiger partial charge in [0.15, 0.2) is 17.3 Å². The van der Waals surface area contributed by atoms with Gasteiger partial charge in [0.1, 0.15) is 0 Å². The molecule has 0 unspecified atom stereocenters. The summed E-state index contributed by atoms with van der Waals surface area (Å²) in [6, 6.07) is 11.3. The summed E-state index contributed by atoms with van der Waals surface area (Å²) in [5, 5.41) is 0. The lowest BCUT2D eigenvalue weighted by molar-refractivity contribution is 0.103. The minimum atomic E-state index is 0.0115. The zero-order valence-electron chi connectivity index (χ0n) is 12.3. The lowest BCUT2D eigenvalue weighted by Crippen LogP contribution is -2.03. The Morgan fingerprint density at radius 3 is 2.24 bits per heavy atom. The Balaban J connectivity index is 1.96. The van der Waals surface area contributed by atoms with Gasteiger partial charge in [-0.05, 0) is 44.2 Å². The molecular weight excluding hydrogens is 264 g/mol. The summed E-state index contributed by atoms with van der Waals surface area (Å²) in [4.78, 5) is 12.6. The normalized spacial score (nSPS) is 13.6. The first-order chi connectivity index (χ1) is 10.1. The minimum Gasteiger partial charge on any atom is -0.490 e. The van der Waals surface area contributed by atoms with Crippen LogP contribution in [-0.4, -0.2) is 19.0 Å². The van der Waals surface area contributed by atoms with Gasteiger partial charge in [0, 0.05) is 17.5 Å². The lowest BCUT2D eigenvalue weighted by atomic mass is 9.99. The van der Waals surface area contributed by atoms with Crippen molar-refractivity contribution < 1.29 is 14.3 Å². The number of aryl methyl sites for hydroxylation is 2. The highest BCUT2D eigenvalue weighted by atomic mass is 16.5. The van der Waals surface area contributed by atoms with Gasteiger partial charge in [0.05, 0.1) is 13.2 Å². The van der Waals surface area contributed by atoms with E-state index in [1.165, 1.54) is 0 Å². The van der Waals surface area contributed by atoms with E-state index in [0.29, 0.717) is 35.8 Å². The molecule has 3 heteroatoms. The van der Waals surface area contributed by atoms with Crippen LogP contribution in [0.25, 0.3) is 0 Å². The van der Waals surface area contributed by atoms with E-state index in [4.69, 9.17) is 9.47 Å². The van der Waals surface area contributed by atoms with Crippen LogP contribution in [0.5, 0.6) is 11.5 Å². The van der Waals surface area contributed by atoms with Crippen LogP contribution >= 0.6 is 0 Å². The molecule has 0 N–H and O–H groups in total. The molecule has 2 aromatic carbocycles. The van der Waals surface area contributed by atoms with Gasteiger partial charge in [0.25, 0.3) is 0 Å². The van der Waals surface area contributed by atoms with Crippen molar-refractivity contribution in [3.63, 3.8) is 0 Å². The Labute approximate surface area is 124 Å². The highest BCUT2D eigenvalue weighted by Crippen LogP contribution is 2.31. The van der Waals surface area contributed by atoms with Gasteiger partial charge < -0.3 is 9.47 Å². The molecule has 0 aliphatic carbocycles. The molecule has 3 nitrogen and oxygen atoms in total. The van der Waals surface area contributed by atoms with Crippen molar-refractivity contribution in [1.82, 2.24) is 0 Å². The molecule has 0 spiro atoms. The summed E-state index contributed by atoms with van der Waals surface area (Å²) in [6.07, 6.45) is 0.856. The van der Waals surface area contributed by atoms with E-state index in [2.05, 4.69) is 6.07 Å². The lowest BCUT2D eigenvalue weighted by Gasteiger charge is -2.09. The first-order valence-electron chi connectivity index (χ1n) is 7.16. The average molecular weight is 282 g/mol. The van der Waals surface area contributed by atoms with Crippen LogP contribution in [0.3, 0.4) is 0 Å². The number of ether oxygens (including phenoxy) is 2. The molecule has 0 aromatic heterocycles. The third-order valence-corrected chi connectivity index (χ3v) is 3.49. The fourth-order valence-corrected chi connectivity index (χ4v) is 2.58. The molecule has 0 saturated heterocycles. The van der Waals surface area contributed by atoms with E-state index in [0.717, 1.165) is 17.5 Å². The summed E-state index contributed by atoms with van der Waals surface area (Å²) in [7, 11) is 0. The molecule has 2 aromatic rings. The van der Waals surface area contributed by atoms with Crippen molar-refractivity contribution >= 4 is 5.78 Å². The molecule has 108 valence electrons. The van der Waals surface area contributed by atoms with Crippen LogP contribution in [0.15, 0.2) is 36.4 Å². The zero-order chi connectivity index (χ0) is 14.8. The van der Waals surface area contributed by atoms with Gasteiger partial charge in [-0.2, -0.15) is 0 Å². The second kappa shape index (κ2) is 5.60. The molecule has 0 amide bonds. The van der Waals surface area contributed by atoms with Crippen molar-refractivity contribution in [2.75, 3.05) is 13.2 Å². The van der Waals surface area contributed by atoms with Crippen LogP contribution in [0.4, 0.5) is 0 Å². The average Bonchev–Trinajstić information content (AvgIpc) is 2.69. The van der Waals surface area contributed by atoms with Gasteiger partial charge in [-0.15, -0.1) is 0 Å². The maximum Gasteiger partial charge on any atom is 0.193 e. The fourth-order valence-electron chi connectivity index (χ4n) is 2.58. The van der Waals surface area contributed by atoms with E-state index in [1.54, 1.807) is 12.1 Å². The molecule has 3 rings (SSSR count). The second-order valence-electron chi connectivity index (χ2n) is 5.42. The number of rotatable bonds is 2. The Morgan fingerprint density at radius 1 is 0.857 bits per heavy atom. The van der Waals surface area contributed by atoms with Crippen LogP contribution < -0.4 is 9.47 Å². The fraction of sp³-hybridized carbons (Fsp3) is 0.278. The molecule has 0 radical (unpaired) electrons. The van der Waals surface area contributed by atoms with Crippen molar-refractivity contribution in [2.24, 2.45) is 0 Å². The van der Waals surface area contributed by atoms with Crippen molar-refractivity contribution in [1.29, 1.82) is 0 Å². The number of carbonyl (C=O) groups excluding carboxylic acids is 1. The molecule has 0 saturated carbocycles. The van der Waals surface area contributed by atoms with Gasteiger partial charge in [0.2, 0.25) is 0 Å². The Morgan fingerprint density at radius 2 is 1.52 bits per heavy atom. The number of fused-ring (bicyclic) bond motifs is 1. The second-order valence-corrected chi connectivity index (χ2v) is 5.42. The predicted octanol–water partition coefficient (Wildman–Crippen LogP) is 3.70. The number of hydrogen-bond acceptors (Lipinski definition) is 3. The number of carbonyl (C=O) groups is 1. The summed E-state index contributed by atoms with van der Waals surface area (Å²) in [5.41, 5.74) is 3.52. The van der Waals surface area contributed by atoms with E-state index in [1.807, 2.05) is 32.0 Å². The quantitative estimate of drug-likeness (QED) is 0.788. The zero-order valence-corrected chi connectivity index (χ0v) is 12.3. The summed E-state index contributed by atoms with van der Waals surface area (Å²) in [6.45, 7) is 5.26. The molecular formula is C18H18O3. The monoisotopic (exact) mass is 282 g/mol. The first-order valence-corrected chi connectivity index (χ1v) is 7.16. The smallest absolute Gasteiger partial charge is 0.193 e. The molecule has 0 bridgehead atoms. The van der Waals surface area contributed by atoms with Gasteiger partial charge in [-0.25, -0.2) is 0 Å². The van der Waals surface area contributed by atoms with E-state index < -0.39 is 0 Å². The highest BCUT2D eigenvalue weighted by Gasteiger charge is 2.15. The largest absolute Gasteiger partial charge is 0.490 e. The Kier molecular flexibility index (Phi) is 3.65. The summed E-state index contributed by atoms with van der Waals surface area (Å²) < 4.78 is 11.2.